The summed E-state index contributed by atoms with van der Waals surface area (Å²) in [5, 5.41) is 5.46. The predicted molar refractivity (Wildman–Crippen MR) is 158 cm³/mol. The Morgan fingerprint density at radius 2 is 1.61 bits per heavy atom. The van der Waals surface area contributed by atoms with Gasteiger partial charge in [-0.2, -0.15) is 0 Å². The highest BCUT2D eigenvalue weighted by molar-refractivity contribution is 6.05. The lowest BCUT2D eigenvalue weighted by molar-refractivity contribution is -0.147. The number of rotatable bonds is 8. The topological polar surface area (TPSA) is 123 Å². The Morgan fingerprint density at radius 1 is 0.951 bits per heavy atom. The van der Waals surface area contributed by atoms with E-state index in [1.54, 1.807) is 76.5 Å². The maximum Gasteiger partial charge on any atom is 0.412 e. The van der Waals surface area contributed by atoms with Crippen molar-refractivity contribution < 1.29 is 23.9 Å². The molecule has 4 rings (SSSR count). The number of hydrogen-bond donors (Lipinski definition) is 2. The number of carbonyl (C=O) groups is 3. The molecular weight excluding hydrogens is 522 g/mol. The maximum absolute atomic E-state index is 12.8. The first-order chi connectivity index (χ1) is 19.6. The second-order valence-corrected chi connectivity index (χ2v) is 10.6. The summed E-state index contributed by atoms with van der Waals surface area (Å²) < 4.78 is 10.7. The molecule has 10 heteroatoms. The molecule has 214 valence electrons. The van der Waals surface area contributed by atoms with Gasteiger partial charge < -0.3 is 19.7 Å². The number of nitrogens with zero attached hydrogens (tertiary/aromatic N) is 3. The van der Waals surface area contributed by atoms with Crippen LogP contribution in [0.4, 0.5) is 22.1 Å². The van der Waals surface area contributed by atoms with Crippen LogP contribution in [0.15, 0.2) is 73.1 Å². The Morgan fingerprint density at radius 3 is 2.24 bits per heavy atom. The molecule has 2 atom stereocenters. The molecule has 0 spiro atoms. The first-order valence-corrected chi connectivity index (χ1v) is 13.5. The molecule has 0 unspecified atom stereocenters. The van der Waals surface area contributed by atoms with Crippen molar-refractivity contribution >= 4 is 41.4 Å². The molecule has 2 N–H and O–H groups in total. The van der Waals surface area contributed by atoms with Crippen LogP contribution in [0.1, 0.15) is 44.7 Å². The highest BCUT2D eigenvalue weighted by Gasteiger charge is 2.40. The zero-order chi connectivity index (χ0) is 29.4. The van der Waals surface area contributed by atoms with Crippen molar-refractivity contribution in [2.45, 2.75) is 39.2 Å². The molecule has 1 saturated heterocycles. The van der Waals surface area contributed by atoms with Crippen LogP contribution < -0.4 is 15.5 Å². The van der Waals surface area contributed by atoms with E-state index >= 15 is 0 Å². The van der Waals surface area contributed by atoms with Gasteiger partial charge in [-0.05, 0) is 63.1 Å². The smallest absolute Gasteiger partial charge is 0.412 e. The Labute approximate surface area is 239 Å². The molecule has 0 bridgehead atoms. The molecule has 10 nitrogen and oxygen atoms in total. The van der Waals surface area contributed by atoms with Crippen molar-refractivity contribution in [3.8, 4) is 0 Å². The largest absolute Gasteiger partial charge is 0.466 e. The van der Waals surface area contributed by atoms with Gasteiger partial charge in [0.1, 0.15) is 5.60 Å². The van der Waals surface area contributed by atoms with Crippen LogP contribution in [0.25, 0.3) is 6.08 Å². The molecule has 41 heavy (non-hydrogen) atoms. The summed E-state index contributed by atoms with van der Waals surface area (Å²) in [5.74, 6) is -0.451. The molecule has 3 aromatic rings. The predicted octanol–water partition coefficient (Wildman–Crippen LogP) is 5.26. The number of anilines is 3. The van der Waals surface area contributed by atoms with Crippen molar-refractivity contribution in [2.24, 2.45) is 5.92 Å². The van der Waals surface area contributed by atoms with Crippen LogP contribution in [-0.4, -0.2) is 53.2 Å². The average Bonchev–Trinajstić information content (AvgIpc) is 3.39. The van der Waals surface area contributed by atoms with Crippen molar-refractivity contribution in [3.63, 3.8) is 0 Å². The van der Waals surface area contributed by atoms with Gasteiger partial charge >= 0.3 is 12.1 Å². The minimum Gasteiger partial charge on any atom is -0.466 e. The van der Waals surface area contributed by atoms with E-state index in [2.05, 4.69) is 20.6 Å². The van der Waals surface area contributed by atoms with E-state index in [9.17, 15) is 14.4 Å². The SMILES string of the molecule is CCOC(=O)[C@H]1CN(c2ncccn2)C[C@@H]1c1ccc(/C=C/C(=O)Nc2ccccc2NC(=O)OC(C)(C)C)cc1. The highest BCUT2D eigenvalue weighted by Crippen LogP contribution is 2.35. The molecule has 1 fully saturated rings. The van der Waals surface area contributed by atoms with E-state index in [1.165, 1.54) is 6.08 Å². The van der Waals surface area contributed by atoms with Gasteiger partial charge in [0, 0.05) is 37.5 Å². The van der Waals surface area contributed by atoms with Gasteiger partial charge in [0.2, 0.25) is 11.9 Å². The van der Waals surface area contributed by atoms with Crippen molar-refractivity contribution in [1.29, 1.82) is 0 Å². The van der Waals surface area contributed by atoms with Gasteiger partial charge in [0.25, 0.3) is 0 Å². The number of amides is 2. The number of nitrogens with one attached hydrogen (secondary N) is 2. The quantitative estimate of drug-likeness (QED) is 0.284. The first-order valence-electron chi connectivity index (χ1n) is 13.5. The fourth-order valence-corrected chi connectivity index (χ4v) is 4.56. The first kappa shape index (κ1) is 29.3. The third kappa shape index (κ3) is 8.14. The fraction of sp³-hybridized carbons (Fsp3) is 0.323. The van der Waals surface area contributed by atoms with Gasteiger partial charge in [0.05, 0.1) is 23.9 Å². The number of benzene rings is 2. The van der Waals surface area contributed by atoms with E-state index in [-0.39, 0.29) is 23.7 Å². The Balaban J connectivity index is 1.42. The number of para-hydroxylation sites is 2. The summed E-state index contributed by atoms with van der Waals surface area (Å²) in [6.45, 7) is 8.50. The number of esters is 1. The monoisotopic (exact) mass is 557 g/mol. The molecule has 0 saturated carbocycles. The Hall–Kier alpha value is -4.73. The van der Waals surface area contributed by atoms with Gasteiger partial charge in [-0.25, -0.2) is 14.8 Å². The third-order valence-corrected chi connectivity index (χ3v) is 6.36. The minimum absolute atomic E-state index is 0.0897. The lowest BCUT2D eigenvalue weighted by Gasteiger charge is -2.20. The summed E-state index contributed by atoms with van der Waals surface area (Å²) in [5.41, 5.74) is 2.04. The van der Waals surface area contributed by atoms with Crippen LogP contribution in [0.3, 0.4) is 0 Å². The van der Waals surface area contributed by atoms with Gasteiger partial charge in [-0.1, -0.05) is 36.4 Å². The molecular formula is C31H35N5O5. The number of carbonyl (C=O) groups excluding carboxylic acids is 3. The molecule has 1 aromatic heterocycles. The molecule has 2 heterocycles. The number of hydrogen-bond acceptors (Lipinski definition) is 8. The molecule has 1 aliphatic rings. The van der Waals surface area contributed by atoms with Gasteiger partial charge in [-0.15, -0.1) is 0 Å². The average molecular weight is 558 g/mol. The van der Waals surface area contributed by atoms with E-state index in [1.807, 2.05) is 29.2 Å². The van der Waals surface area contributed by atoms with E-state index < -0.39 is 11.7 Å². The minimum atomic E-state index is -0.645. The summed E-state index contributed by atoms with van der Waals surface area (Å²) in [7, 11) is 0. The summed E-state index contributed by atoms with van der Waals surface area (Å²) in [6.07, 6.45) is 5.88. The van der Waals surface area contributed by atoms with Crippen molar-refractivity contribution in [2.75, 3.05) is 35.2 Å². The summed E-state index contributed by atoms with van der Waals surface area (Å²) in [4.78, 5) is 48.3. The van der Waals surface area contributed by atoms with E-state index in [4.69, 9.17) is 9.47 Å². The second kappa shape index (κ2) is 13.1. The number of ether oxygens (including phenoxy) is 2. The highest BCUT2D eigenvalue weighted by atomic mass is 16.6. The molecule has 0 aliphatic carbocycles. The van der Waals surface area contributed by atoms with E-state index in [0.717, 1.165) is 11.1 Å². The van der Waals surface area contributed by atoms with Gasteiger partial charge in [-0.3, -0.25) is 14.9 Å². The van der Waals surface area contributed by atoms with Crippen molar-refractivity contribution in [1.82, 2.24) is 9.97 Å². The summed E-state index contributed by atoms with van der Waals surface area (Å²) >= 11 is 0. The zero-order valence-corrected chi connectivity index (χ0v) is 23.7. The lowest BCUT2D eigenvalue weighted by atomic mass is 9.88. The van der Waals surface area contributed by atoms with Crippen LogP contribution in [-0.2, 0) is 19.1 Å². The normalized spacial score (nSPS) is 16.8. The fourth-order valence-electron chi connectivity index (χ4n) is 4.56. The van der Waals surface area contributed by atoms with Gasteiger partial charge in [0.15, 0.2) is 0 Å². The lowest BCUT2D eigenvalue weighted by Crippen LogP contribution is -2.27. The zero-order valence-electron chi connectivity index (χ0n) is 23.7. The number of aromatic nitrogens is 2. The standard InChI is InChI=1S/C31H35N5O5/c1-5-40-28(38)24-20-36(29-32-17-8-18-33-29)19-23(24)22-14-11-21(12-15-22)13-16-27(37)34-25-9-6-7-10-26(25)35-30(39)41-31(2,3)4/h6-18,23-24H,5,19-20H2,1-4H3,(H,34,37)(H,35,39)/b16-13+/t23-,24+/m1/s1. The van der Waals surface area contributed by atoms with E-state index in [0.29, 0.717) is 37.0 Å². The van der Waals surface area contributed by atoms with Crippen LogP contribution in [0, 0.1) is 5.92 Å². The van der Waals surface area contributed by atoms with Crippen LogP contribution in [0.5, 0.6) is 0 Å². The Bertz CT molecular complexity index is 1390. The van der Waals surface area contributed by atoms with Crippen LogP contribution in [0.2, 0.25) is 0 Å². The Kier molecular flexibility index (Phi) is 9.34. The molecule has 2 aromatic carbocycles. The summed E-state index contributed by atoms with van der Waals surface area (Å²) in [6, 6.07) is 16.4. The van der Waals surface area contributed by atoms with Crippen LogP contribution >= 0.6 is 0 Å². The second-order valence-electron chi connectivity index (χ2n) is 10.6. The maximum atomic E-state index is 12.8. The van der Waals surface area contributed by atoms with Crippen molar-refractivity contribution in [3.05, 3.63) is 84.2 Å². The molecule has 1 aliphatic heterocycles. The molecule has 0 radical (unpaired) electrons. The third-order valence-electron chi connectivity index (χ3n) is 6.36. The molecule has 2 amide bonds.